The highest BCUT2D eigenvalue weighted by atomic mass is 35.5. The third kappa shape index (κ3) is 3.89. The molecule has 32 heavy (non-hydrogen) atoms. The Morgan fingerprint density at radius 2 is 1.97 bits per heavy atom. The largest absolute Gasteiger partial charge is 0.507 e. The molecule has 1 aliphatic rings. The summed E-state index contributed by atoms with van der Waals surface area (Å²) in [6.45, 7) is 7.26. The van der Waals surface area contributed by atoms with Crippen molar-refractivity contribution in [3.8, 4) is 17.0 Å². The average Bonchev–Trinajstić information content (AvgIpc) is 3.30. The fraction of sp³-hybridized carbons (Fsp3) is 0.360. The number of phenols is 1. The molecule has 2 aromatic carbocycles. The van der Waals surface area contributed by atoms with Crippen molar-refractivity contribution < 1.29 is 14.6 Å². The smallest absolute Gasteiger partial charge is 0.273 e. The number of phenolic OH excluding ortho intramolecular Hbond substituents is 1. The van der Waals surface area contributed by atoms with Gasteiger partial charge in [0, 0.05) is 36.4 Å². The molecule has 7 heteroatoms. The van der Waals surface area contributed by atoms with E-state index < -0.39 is 0 Å². The molecule has 6 nitrogen and oxygen atoms in total. The molecule has 0 saturated carbocycles. The van der Waals surface area contributed by atoms with Gasteiger partial charge < -0.3 is 14.7 Å². The third-order valence-corrected chi connectivity index (χ3v) is 6.47. The number of fused-ring (bicyclic) bond motifs is 1. The van der Waals surface area contributed by atoms with E-state index in [0.717, 1.165) is 23.1 Å². The second-order valence-corrected chi connectivity index (χ2v) is 8.96. The van der Waals surface area contributed by atoms with E-state index in [1.165, 1.54) is 5.56 Å². The number of hydrogen-bond donors (Lipinski definition) is 2. The first-order valence-corrected chi connectivity index (χ1v) is 11.2. The van der Waals surface area contributed by atoms with Gasteiger partial charge in [-0.05, 0) is 48.1 Å². The van der Waals surface area contributed by atoms with Crippen LogP contribution in [0.5, 0.6) is 5.75 Å². The molecule has 0 radical (unpaired) electrons. The van der Waals surface area contributed by atoms with Crippen LogP contribution in [0.2, 0.25) is 5.02 Å². The standard InChI is InChI=1S/C25H28ClN3O3/c1-14(2)16-6-8-17(9-7-16)24-21-22(18-13-19(26)15(3)12-20(18)30)27-28-23(21)25(31)29(24)10-5-11-32-4/h6-9,12-14,24,30H,5,10-11H2,1-4H3,(H,27,28). The summed E-state index contributed by atoms with van der Waals surface area (Å²) >= 11 is 6.36. The van der Waals surface area contributed by atoms with Gasteiger partial charge in [-0.2, -0.15) is 5.10 Å². The molecule has 168 valence electrons. The van der Waals surface area contributed by atoms with Crippen LogP contribution in [0.15, 0.2) is 36.4 Å². The normalized spacial score (nSPS) is 15.6. The summed E-state index contributed by atoms with van der Waals surface area (Å²) in [5.74, 6) is 0.393. The van der Waals surface area contributed by atoms with Crippen LogP contribution in [0.4, 0.5) is 0 Å². The Morgan fingerprint density at radius 1 is 1.25 bits per heavy atom. The molecule has 3 aromatic rings. The second kappa shape index (κ2) is 8.96. The number of carbonyl (C=O) groups is 1. The molecule has 0 spiro atoms. The average molecular weight is 454 g/mol. The molecule has 2 N–H and O–H groups in total. The zero-order chi connectivity index (χ0) is 23.0. The minimum atomic E-state index is -0.316. The lowest BCUT2D eigenvalue weighted by Crippen LogP contribution is -2.31. The van der Waals surface area contributed by atoms with Crippen LogP contribution >= 0.6 is 11.6 Å². The lowest BCUT2D eigenvalue weighted by molar-refractivity contribution is 0.0723. The fourth-order valence-corrected chi connectivity index (χ4v) is 4.44. The Hall–Kier alpha value is -2.83. The number of nitrogens with zero attached hydrogens (tertiary/aromatic N) is 2. The highest BCUT2D eigenvalue weighted by Gasteiger charge is 2.42. The zero-order valence-corrected chi connectivity index (χ0v) is 19.5. The maximum absolute atomic E-state index is 13.3. The lowest BCUT2D eigenvalue weighted by Gasteiger charge is -2.26. The molecule has 0 fully saturated rings. The van der Waals surface area contributed by atoms with E-state index in [0.29, 0.717) is 41.0 Å². The van der Waals surface area contributed by atoms with Gasteiger partial charge in [-0.25, -0.2) is 0 Å². The van der Waals surface area contributed by atoms with Gasteiger partial charge in [-0.1, -0.05) is 49.7 Å². The highest BCUT2D eigenvalue weighted by Crippen LogP contribution is 2.45. The quantitative estimate of drug-likeness (QED) is 0.466. The van der Waals surface area contributed by atoms with Crippen LogP contribution in [-0.2, 0) is 4.74 Å². The van der Waals surface area contributed by atoms with Gasteiger partial charge in [0.15, 0.2) is 0 Å². The van der Waals surface area contributed by atoms with E-state index in [9.17, 15) is 9.90 Å². The molecule has 2 heterocycles. The Labute approximate surface area is 193 Å². The van der Waals surface area contributed by atoms with Crippen LogP contribution in [0, 0.1) is 6.92 Å². The molecule has 0 aliphatic carbocycles. The summed E-state index contributed by atoms with van der Waals surface area (Å²) in [5, 5.41) is 18.5. The first-order chi connectivity index (χ1) is 15.3. The second-order valence-electron chi connectivity index (χ2n) is 8.55. The van der Waals surface area contributed by atoms with Crippen LogP contribution in [-0.4, -0.2) is 46.4 Å². The van der Waals surface area contributed by atoms with Crippen molar-refractivity contribution in [2.24, 2.45) is 0 Å². The van der Waals surface area contributed by atoms with Crippen LogP contribution < -0.4 is 0 Å². The minimum absolute atomic E-state index is 0.0837. The molecule has 1 aromatic heterocycles. The number of benzene rings is 2. The molecule has 4 rings (SSSR count). The molecular formula is C25H28ClN3O3. The molecule has 1 aliphatic heterocycles. The Bertz CT molecular complexity index is 1140. The number of methoxy groups -OCH3 is 1. The maximum atomic E-state index is 13.3. The first-order valence-electron chi connectivity index (χ1n) is 10.8. The number of amides is 1. The van der Waals surface area contributed by atoms with E-state index in [2.05, 4.69) is 48.3 Å². The molecule has 0 saturated heterocycles. The Balaban J connectivity index is 1.84. The zero-order valence-electron chi connectivity index (χ0n) is 18.8. The third-order valence-electron chi connectivity index (χ3n) is 6.06. The fourth-order valence-electron chi connectivity index (χ4n) is 4.28. The number of hydrogen-bond acceptors (Lipinski definition) is 4. The molecular weight excluding hydrogens is 426 g/mol. The Kier molecular flexibility index (Phi) is 6.26. The highest BCUT2D eigenvalue weighted by molar-refractivity contribution is 6.31. The number of nitrogens with one attached hydrogen (secondary N) is 1. The summed E-state index contributed by atoms with van der Waals surface area (Å²) in [6, 6.07) is 11.4. The van der Waals surface area contributed by atoms with Crippen molar-refractivity contribution in [3.05, 3.63) is 69.4 Å². The van der Waals surface area contributed by atoms with Crippen LogP contribution in [0.1, 0.15) is 65.0 Å². The molecule has 1 unspecified atom stereocenters. The predicted molar refractivity (Wildman–Crippen MR) is 125 cm³/mol. The van der Waals surface area contributed by atoms with Gasteiger partial charge in [-0.3, -0.25) is 9.89 Å². The number of aryl methyl sites for hydroxylation is 1. The monoisotopic (exact) mass is 453 g/mol. The van der Waals surface area contributed by atoms with Gasteiger partial charge in [0.2, 0.25) is 0 Å². The summed E-state index contributed by atoms with van der Waals surface area (Å²) in [7, 11) is 1.66. The molecule has 1 atom stereocenters. The van der Waals surface area contributed by atoms with E-state index in [1.54, 1.807) is 19.2 Å². The van der Waals surface area contributed by atoms with Crippen molar-refractivity contribution in [2.45, 2.75) is 39.2 Å². The topological polar surface area (TPSA) is 78.5 Å². The number of aromatic hydroxyl groups is 1. The number of ether oxygens (including phenoxy) is 1. The number of aromatic amines is 1. The van der Waals surface area contributed by atoms with Crippen molar-refractivity contribution in [1.29, 1.82) is 0 Å². The number of aromatic nitrogens is 2. The predicted octanol–water partition coefficient (Wildman–Crippen LogP) is 5.45. The number of halogens is 1. The molecule has 1 amide bonds. The van der Waals surface area contributed by atoms with Gasteiger partial charge in [-0.15, -0.1) is 0 Å². The van der Waals surface area contributed by atoms with E-state index in [4.69, 9.17) is 16.3 Å². The number of H-pyrrole nitrogens is 1. The van der Waals surface area contributed by atoms with Gasteiger partial charge in [0.25, 0.3) is 5.91 Å². The van der Waals surface area contributed by atoms with Crippen LogP contribution in [0.25, 0.3) is 11.3 Å². The van der Waals surface area contributed by atoms with E-state index >= 15 is 0 Å². The minimum Gasteiger partial charge on any atom is -0.507 e. The van der Waals surface area contributed by atoms with Crippen molar-refractivity contribution in [3.63, 3.8) is 0 Å². The maximum Gasteiger partial charge on any atom is 0.273 e. The van der Waals surface area contributed by atoms with Crippen LogP contribution in [0.3, 0.4) is 0 Å². The number of carbonyl (C=O) groups excluding carboxylic acids is 1. The molecule has 0 bridgehead atoms. The summed E-state index contributed by atoms with van der Waals surface area (Å²) in [6.07, 6.45) is 0.720. The van der Waals surface area contributed by atoms with E-state index in [1.807, 2.05) is 11.8 Å². The number of rotatable bonds is 7. The summed E-state index contributed by atoms with van der Waals surface area (Å²) in [4.78, 5) is 15.2. The summed E-state index contributed by atoms with van der Waals surface area (Å²) < 4.78 is 5.21. The van der Waals surface area contributed by atoms with Gasteiger partial charge in [0.05, 0.1) is 6.04 Å². The SMILES string of the molecule is COCCCN1C(=O)c2[nH]nc(-c3cc(Cl)c(C)cc3O)c2C1c1ccc(C(C)C)cc1. The van der Waals surface area contributed by atoms with E-state index in [-0.39, 0.29) is 17.7 Å². The van der Waals surface area contributed by atoms with Crippen molar-refractivity contribution in [1.82, 2.24) is 15.1 Å². The van der Waals surface area contributed by atoms with Crippen molar-refractivity contribution >= 4 is 17.5 Å². The van der Waals surface area contributed by atoms with Crippen molar-refractivity contribution in [2.75, 3.05) is 20.3 Å². The van der Waals surface area contributed by atoms with Gasteiger partial charge >= 0.3 is 0 Å². The first kappa shape index (κ1) is 22.4. The summed E-state index contributed by atoms with van der Waals surface area (Å²) in [5.41, 5.74) is 5.27. The van der Waals surface area contributed by atoms with Gasteiger partial charge in [0.1, 0.15) is 17.1 Å². The Morgan fingerprint density at radius 3 is 2.62 bits per heavy atom. The lowest BCUT2D eigenvalue weighted by atomic mass is 9.93.